The molecule has 2 atom stereocenters. The van der Waals surface area contributed by atoms with Gasteiger partial charge in [0.25, 0.3) is 0 Å². The van der Waals surface area contributed by atoms with Gasteiger partial charge in [-0.25, -0.2) is 0 Å². The predicted molar refractivity (Wildman–Crippen MR) is 59.6 cm³/mol. The van der Waals surface area contributed by atoms with E-state index < -0.39 is 42.3 Å². The number of carboxylic acids is 4. The molecule has 0 amide bonds. The van der Waals surface area contributed by atoms with E-state index in [4.69, 9.17) is 25.5 Å². The van der Waals surface area contributed by atoms with Crippen molar-refractivity contribution in [1.82, 2.24) is 0 Å². The van der Waals surface area contributed by atoms with Crippen LogP contribution in [-0.4, -0.2) is 55.5 Å². The van der Waals surface area contributed by atoms with Crippen molar-refractivity contribution >= 4 is 23.9 Å². The molecule has 110 valence electrons. The number of aliphatic carboxylic acids is 4. The molecule has 9 heteroatoms. The van der Waals surface area contributed by atoms with Gasteiger partial charge in [-0.15, -0.1) is 0 Å². The fourth-order valence-corrected chi connectivity index (χ4v) is 0.866. The van der Waals surface area contributed by atoms with Crippen molar-refractivity contribution in [2.45, 2.75) is 32.3 Å². The third-order valence-corrected chi connectivity index (χ3v) is 1.85. The molecule has 0 fully saturated rings. The minimum Gasteiger partial charge on any atom is -0.481 e. The number of aliphatic hydroxyl groups excluding tert-OH is 1. The Morgan fingerprint density at radius 3 is 1.32 bits per heavy atom. The summed E-state index contributed by atoms with van der Waals surface area (Å²) in [6.07, 6.45) is -2.28. The van der Waals surface area contributed by atoms with Crippen LogP contribution in [0.5, 0.6) is 0 Å². The molecule has 9 nitrogen and oxygen atoms in total. The van der Waals surface area contributed by atoms with Gasteiger partial charge in [0, 0.05) is 0 Å². The summed E-state index contributed by atoms with van der Waals surface area (Å²) < 4.78 is 0. The number of rotatable bonds is 7. The highest BCUT2D eigenvalue weighted by atomic mass is 16.4. The molecule has 0 aromatic rings. The first-order valence-corrected chi connectivity index (χ1v) is 5.14. The van der Waals surface area contributed by atoms with Crippen LogP contribution in [0.3, 0.4) is 0 Å². The first-order chi connectivity index (χ1) is 8.57. The lowest BCUT2D eigenvalue weighted by atomic mass is 10.0. The van der Waals surface area contributed by atoms with Gasteiger partial charge in [-0.2, -0.15) is 0 Å². The van der Waals surface area contributed by atoms with Crippen LogP contribution in [-0.2, 0) is 19.2 Å². The third kappa shape index (κ3) is 13.8. The smallest absolute Gasteiger partial charge is 0.309 e. The van der Waals surface area contributed by atoms with Crippen LogP contribution in [0.1, 0.15) is 26.2 Å². The molecule has 19 heavy (non-hydrogen) atoms. The van der Waals surface area contributed by atoms with E-state index >= 15 is 0 Å². The van der Waals surface area contributed by atoms with Gasteiger partial charge in [0.15, 0.2) is 0 Å². The van der Waals surface area contributed by atoms with E-state index in [1.54, 1.807) is 0 Å². The summed E-state index contributed by atoms with van der Waals surface area (Å²) in [5.74, 6) is -5.88. The molecule has 0 aliphatic heterocycles. The summed E-state index contributed by atoms with van der Waals surface area (Å²) in [5, 5.41) is 41.2. The standard InChI is InChI=1S/C6H10O5.C4H6O4/c1-3(7)4(6(10)11)2-5(8)9;5-3(6)1-2-4(7)8/h3-4,7H,2H2,1H3,(H,8,9)(H,10,11);1-2H2,(H,5,6)(H,7,8). The molecule has 0 spiro atoms. The lowest BCUT2D eigenvalue weighted by molar-refractivity contribution is -0.151. The van der Waals surface area contributed by atoms with Crippen LogP contribution in [0.2, 0.25) is 0 Å². The van der Waals surface area contributed by atoms with Gasteiger partial charge >= 0.3 is 23.9 Å². The number of aliphatic hydroxyl groups is 1. The summed E-state index contributed by atoms with van der Waals surface area (Å²) in [7, 11) is 0. The molecule has 0 aliphatic rings. The summed E-state index contributed by atoms with van der Waals surface area (Å²) in [4.78, 5) is 39.6. The molecule has 0 aromatic heterocycles. The monoisotopic (exact) mass is 280 g/mol. The molecule has 0 saturated carbocycles. The molecule has 0 aromatic carbocycles. The Bertz CT molecular complexity index is 320. The highest BCUT2D eigenvalue weighted by Crippen LogP contribution is 2.08. The number of carbonyl (C=O) groups is 4. The maximum absolute atomic E-state index is 10.3. The zero-order valence-corrected chi connectivity index (χ0v) is 10.1. The molecule has 5 N–H and O–H groups in total. The largest absolute Gasteiger partial charge is 0.481 e. The zero-order chi connectivity index (χ0) is 15.6. The van der Waals surface area contributed by atoms with Gasteiger partial charge in [0.05, 0.1) is 31.3 Å². The van der Waals surface area contributed by atoms with E-state index in [2.05, 4.69) is 0 Å². The normalized spacial score (nSPS) is 12.5. The summed E-state index contributed by atoms with van der Waals surface area (Å²) in [5.41, 5.74) is 0. The van der Waals surface area contributed by atoms with Gasteiger partial charge in [0.2, 0.25) is 0 Å². The average molecular weight is 280 g/mol. The number of carboxylic acid groups (broad SMARTS) is 4. The highest BCUT2D eigenvalue weighted by Gasteiger charge is 2.25. The summed E-state index contributed by atoms with van der Waals surface area (Å²) >= 11 is 0. The van der Waals surface area contributed by atoms with Crippen molar-refractivity contribution in [3.8, 4) is 0 Å². The highest BCUT2D eigenvalue weighted by molar-refractivity contribution is 5.78. The van der Waals surface area contributed by atoms with Crippen molar-refractivity contribution in [3.63, 3.8) is 0 Å². The summed E-state index contributed by atoms with van der Waals surface area (Å²) in [6.45, 7) is 1.25. The topological polar surface area (TPSA) is 169 Å². The summed E-state index contributed by atoms with van der Waals surface area (Å²) in [6, 6.07) is 0. The van der Waals surface area contributed by atoms with Crippen molar-refractivity contribution < 1.29 is 44.7 Å². The van der Waals surface area contributed by atoms with Crippen molar-refractivity contribution in [2.75, 3.05) is 0 Å². The van der Waals surface area contributed by atoms with E-state index in [0.717, 1.165) is 0 Å². The van der Waals surface area contributed by atoms with Gasteiger partial charge in [-0.3, -0.25) is 19.2 Å². The van der Waals surface area contributed by atoms with Gasteiger partial charge in [-0.1, -0.05) is 0 Å². The molecule has 0 bridgehead atoms. The third-order valence-electron chi connectivity index (χ3n) is 1.85. The van der Waals surface area contributed by atoms with Crippen LogP contribution in [0.15, 0.2) is 0 Å². The average Bonchev–Trinajstić information content (AvgIpc) is 2.23. The lowest BCUT2D eigenvalue weighted by Gasteiger charge is -2.11. The molecule has 0 heterocycles. The molecule has 0 aliphatic carbocycles. The van der Waals surface area contributed by atoms with E-state index in [0.29, 0.717) is 0 Å². The van der Waals surface area contributed by atoms with Gasteiger partial charge in [0.1, 0.15) is 0 Å². The minimum absolute atomic E-state index is 0.296. The Hall–Kier alpha value is -2.16. The maximum atomic E-state index is 10.3. The fourth-order valence-electron chi connectivity index (χ4n) is 0.866. The van der Waals surface area contributed by atoms with Gasteiger partial charge < -0.3 is 25.5 Å². The van der Waals surface area contributed by atoms with E-state index in [-0.39, 0.29) is 12.8 Å². The Morgan fingerprint density at radius 2 is 1.21 bits per heavy atom. The second kappa shape index (κ2) is 9.83. The van der Waals surface area contributed by atoms with Crippen LogP contribution < -0.4 is 0 Å². The first kappa shape index (κ1) is 19.2. The van der Waals surface area contributed by atoms with Gasteiger partial charge in [-0.05, 0) is 6.92 Å². The maximum Gasteiger partial charge on any atom is 0.309 e. The van der Waals surface area contributed by atoms with Crippen LogP contribution in [0.25, 0.3) is 0 Å². The Balaban J connectivity index is 0. The fraction of sp³-hybridized carbons (Fsp3) is 0.600. The molecule has 0 saturated heterocycles. The number of hydrogen-bond donors (Lipinski definition) is 5. The SMILES string of the molecule is CC(O)C(CC(=O)O)C(=O)O.O=C(O)CCC(=O)O. The Kier molecular flexibility index (Phi) is 9.92. The second-order valence-electron chi connectivity index (χ2n) is 3.57. The minimum atomic E-state index is -1.29. The molecular formula is C10H16O9. The Morgan fingerprint density at radius 1 is 0.842 bits per heavy atom. The second-order valence-corrected chi connectivity index (χ2v) is 3.57. The molecule has 0 radical (unpaired) electrons. The first-order valence-electron chi connectivity index (χ1n) is 5.14. The van der Waals surface area contributed by atoms with E-state index in [1.807, 2.05) is 0 Å². The van der Waals surface area contributed by atoms with Crippen LogP contribution in [0, 0.1) is 5.92 Å². The lowest BCUT2D eigenvalue weighted by Crippen LogP contribution is -2.27. The van der Waals surface area contributed by atoms with Crippen LogP contribution >= 0.6 is 0 Å². The van der Waals surface area contributed by atoms with Crippen LogP contribution in [0.4, 0.5) is 0 Å². The Labute approximate surface area is 108 Å². The van der Waals surface area contributed by atoms with E-state index in [1.165, 1.54) is 6.92 Å². The molecule has 0 rings (SSSR count). The number of hydrogen-bond acceptors (Lipinski definition) is 5. The van der Waals surface area contributed by atoms with E-state index in [9.17, 15) is 19.2 Å². The predicted octanol–water partition coefficient (Wildman–Crippen LogP) is -0.521. The van der Waals surface area contributed by atoms with Crippen molar-refractivity contribution in [3.05, 3.63) is 0 Å². The quantitative estimate of drug-likeness (QED) is 0.411. The van der Waals surface area contributed by atoms with Crippen molar-refractivity contribution in [1.29, 1.82) is 0 Å². The zero-order valence-electron chi connectivity index (χ0n) is 10.1. The van der Waals surface area contributed by atoms with Crippen molar-refractivity contribution in [2.24, 2.45) is 5.92 Å². The molecular weight excluding hydrogens is 264 g/mol. The molecule has 2 unspecified atom stereocenters.